The summed E-state index contributed by atoms with van der Waals surface area (Å²) in [5.41, 5.74) is 2.07. The molecule has 1 atom stereocenters. The van der Waals surface area contributed by atoms with Gasteiger partial charge in [-0.05, 0) is 62.7 Å². The summed E-state index contributed by atoms with van der Waals surface area (Å²) in [7, 11) is 0. The summed E-state index contributed by atoms with van der Waals surface area (Å²) in [4.78, 5) is 56.6. The zero-order valence-electron chi connectivity index (χ0n) is 26.3. The van der Waals surface area contributed by atoms with E-state index in [1.54, 1.807) is 79.0 Å². The van der Waals surface area contributed by atoms with Crippen LogP contribution in [0.15, 0.2) is 94.8 Å². The minimum Gasteiger partial charge on any atom is -0.493 e. The lowest BCUT2D eigenvalue weighted by atomic mass is 10.1. The number of amides is 3. The standard InChI is InChI=1S/C35H36N4O6S2/c1-4-30(34(43)39-35-37-26(22-46-35)21-31(40)45-6-3)47-27-17-12-16-25(20-27)36-33(42)28(38-32(41)23-13-8-7-9-14-23)19-24-15-10-11-18-29(24)44-5-2/h7-20,22,30H,4-6,21H2,1-3H3,(H,36,42)(H,38,41)(H,37,39,43)/b28-19+. The lowest BCUT2D eigenvalue weighted by molar-refractivity contribution is -0.142. The number of hydrogen-bond acceptors (Lipinski definition) is 9. The van der Waals surface area contributed by atoms with Gasteiger partial charge in [-0.2, -0.15) is 0 Å². The van der Waals surface area contributed by atoms with E-state index in [0.717, 1.165) is 4.90 Å². The number of para-hydroxylation sites is 1. The Morgan fingerprint density at radius 3 is 2.43 bits per heavy atom. The van der Waals surface area contributed by atoms with Gasteiger partial charge in [0.25, 0.3) is 11.8 Å². The third-order valence-corrected chi connectivity index (χ3v) is 8.66. The van der Waals surface area contributed by atoms with Crippen LogP contribution in [0.3, 0.4) is 0 Å². The number of anilines is 2. The molecule has 10 nitrogen and oxygen atoms in total. The van der Waals surface area contributed by atoms with Crippen LogP contribution in [0.25, 0.3) is 6.08 Å². The molecule has 0 radical (unpaired) electrons. The highest BCUT2D eigenvalue weighted by Crippen LogP contribution is 2.29. The third-order valence-electron chi connectivity index (χ3n) is 6.49. The van der Waals surface area contributed by atoms with Crippen LogP contribution in [0.5, 0.6) is 5.75 Å². The second-order valence-corrected chi connectivity index (χ2v) is 12.1. The minimum absolute atomic E-state index is 0.0284. The Morgan fingerprint density at radius 1 is 0.915 bits per heavy atom. The molecule has 47 heavy (non-hydrogen) atoms. The van der Waals surface area contributed by atoms with Gasteiger partial charge in [-0.25, -0.2) is 4.98 Å². The first-order valence-electron chi connectivity index (χ1n) is 15.1. The highest BCUT2D eigenvalue weighted by Gasteiger charge is 2.21. The van der Waals surface area contributed by atoms with Crippen molar-refractivity contribution in [2.24, 2.45) is 0 Å². The van der Waals surface area contributed by atoms with Crippen LogP contribution in [0, 0.1) is 0 Å². The number of esters is 1. The van der Waals surface area contributed by atoms with Crippen molar-refractivity contribution in [1.82, 2.24) is 10.3 Å². The van der Waals surface area contributed by atoms with E-state index >= 15 is 0 Å². The Morgan fingerprint density at radius 2 is 1.68 bits per heavy atom. The molecule has 0 aliphatic heterocycles. The fourth-order valence-electron chi connectivity index (χ4n) is 4.31. The number of nitrogens with one attached hydrogen (secondary N) is 3. The van der Waals surface area contributed by atoms with E-state index < -0.39 is 17.1 Å². The van der Waals surface area contributed by atoms with Gasteiger partial charge in [0, 0.05) is 27.1 Å². The fourth-order valence-corrected chi connectivity index (χ4v) is 6.03. The summed E-state index contributed by atoms with van der Waals surface area (Å²) in [6.07, 6.45) is 2.15. The Kier molecular flexibility index (Phi) is 13.1. The molecule has 4 aromatic rings. The van der Waals surface area contributed by atoms with Crippen molar-refractivity contribution in [2.45, 2.75) is 43.8 Å². The number of nitrogens with zero attached hydrogens (tertiary/aromatic N) is 1. The van der Waals surface area contributed by atoms with E-state index in [4.69, 9.17) is 9.47 Å². The molecule has 1 aromatic heterocycles. The fraction of sp³-hybridized carbons (Fsp3) is 0.229. The highest BCUT2D eigenvalue weighted by molar-refractivity contribution is 8.00. The van der Waals surface area contributed by atoms with Gasteiger partial charge in [0.05, 0.1) is 30.6 Å². The average molecular weight is 673 g/mol. The lowest BCUT2D eigenvalue weighted by Crippen LogP contribution is -2.30. The summed E-state index contributed by atoms with van der Waals surface area (Å²) in [6.45, 7) is 6.24. The van der Waals surface area contributed by atoms with Gasteiger partial charge in [0.1, 0.15) is 11.4 Å². The van der Waals surface area contributed by atoms with Crippen molar-refractivity contribution in [3.8, 4) is 5.75 Å². The van der Waals surface area contributed by atoms with Crippen LogP contribution in [0.4, 0.5) is 10.8 Å². The van der Waals surface area contributed by atoms with Gasteiger partial charge in [-0.3, -0.25) is 19.2 Å². The van der Waals surface area contributed by atoms with E-state index in [1.165, 1.54) is 23.1 Å². The number of carbonyl (C=O) groups is 4. The summed E-state index contributed by atoms with van der Waals surface area (Å²) < 4.78 is 10.7. The van der Waals surface area contributed by atoms with E-state index in [-0.39, 0.29) is 24.0 Å². The molecule has 3 amide bonds. The number of ether oxygens (including phenoxy) is 2. The molecule has 3 N–H and O–H groups in total. The van der Waals surface area contributed by atoms with Crippen LogP contribution in [-0.2, 0) is 25.5 Å². The summed E-state index contributed by atoms with van der Waals surface area (Å²) in [5, 5.41) is 10.1. The zero-order chi connectivity index (χ0) is 33.6. The Hall–Kier alpha value is -4.94. The molecule has 4 rings (SSSR count). The number of rotatable bonds is 15. The molecular weight excluding hydrogens is 637 g/mol. The normalized spacial score (nSPS) is 11.7. The molecule has 0 aliphatic rings. The van der Waals surface area contributed by atoms with Gasteiger partial charge in [0.2, 0.25) is 5.91 Å². The van der Waals surface area contributed by atoms with Gasteiger partial charge >= 0.3 is 5.97 Å². The van der Waals surface area contributed by atoms with Gasteiger partial charge in [-0.1, -0.05) is 49.4 Å². The average Bonchev–Trinajstić information content (AvgIpc) is 3.50. The molecular formula is C35H36N4O6S2. The van der Waals surface area contributed by atoms with Crippen LogP contribution in [-0.4, -0.2) is 47.1 Å². The highest BCUT2D eigenvalue weighted by atomic mass is 32.2. The molecule has 0 fully saturated rings. The van der Waals surface area contributed by atoms with Crippen molar-refractivity contribution >= 4 is 63.7 Å². The predicted molar refractivity (Wildman–Crippen MR) is 186 cm³/mol. The quantitative estimate of drug-likeness (QED) is 0.0734. The van der Waals surface area contributed by atoms with Crippen molar-refractivity contribution < 1.29 is 28.7 Å². The predicted octanol–water partition coefficient (Wildman–Crippen LogP) is 6.57. The smallest absolute Gasteiger partial charge is 0.311 e. The number of thioether (sulfide) groups is 1. The Balaban J connectivity index is 1.48. The molecule has 0 aliphatic carbocycles. The molecule has 3 aromatic carbocycles. The molecule has 1 unspecified atom stereocenters. The molecule has 244 valence electrons. The molecule has 0 spiro atoms. The molecule has 0 saturated heterocycles. The first kappa shape index (κ1) is 34.9. The topological polar surface area (TPSA) is 136 Å². The second kappa shape index (κ2) is 17.7. The van der Waals surface area contributed by atoms with Gasteiger partial charge < -0.3 is 25.4 Å². The van der Waals surface area contributed by atoms with E-state index in [0.29, 0.717) is 53.0 Å². The van der Waals surface area contributed by atoms with Crippen LogP contribution >= 0.6 is 23.1 Å². The van der Waals surface area contributed by atoms with Gasteiger partial charge in [0.15, 0.2) is 5.13 Å². The molecule has 0 saturated carbocycles. The summed E-state index contributed by atoms with van der Waals surface area (Å²) in [5.74, 6) is -0.999. The van der Waals surface area contributed by atoms with E-state index in [1.807, 2.05) is 32.0 Å². The number of thiazole rings is 1. The van der Waals surface area contributed by atoms with Crippen LogP contribution in [0.1, 0.15) is 48.8 Å². The van der Waals surface area contributed by atoms with Crippen LogP contribution < -0.4 is 20.7 Å². The minimum atomic E-state index is -0.532. The summed E-state index contributed by atoms with van der Waals surface area (Å²) in [6, 6.07) is 23.0. The van der Waals surface area contributed by atoms with Crippen molar-refractivity contribution in [2.75, 3.05) is 23.8 Å². The number of aromatic nitrogens is 1. The number of carbonyl (C=O) groups excluding carboxylic acids is 4. The first-order valence-corrected chi connectivity index (χ1v) is 16.8. The second-order valence-electron chi connectivity index (χ2n) is 9.96. The molecule has 12 heteroatoms. The molecule has 1 heterocycles. The SMILES string of the molecule is CCOC(=O)Cc1csc(NC(=O)C(CC)Sc2cccc(NC(=O)/C(=C\c3ccccc3OCC)NC(=O)c3ccccc3)c2)n1. The first-order chi connectivity index (χ1) is 22.8. The van der Waals surface area contributed by atoms with Crippen molar-refractivity contribution in [3.63, 3.8) is 0 Å². The van der Waals surface area contributed by atoms with Gasteiger partial charge in [-0.15, -0.1) is 23.1 Å². The maximum absolute atomic E-state index is 13.6. The van der Waals surface area contributed by atoms with Crippen molar-refractivity contribution in [1.29, 1.82) is 0 Å². The monoisotopic (exact) mass is 672 g/mol. The maximum atomic E-state index is 13.6. The maximum Gasteiger partial charge on any atom is 0.311 e. The summed E-state index contributed by atoms with van der Waals surface area (Å²) >= 11 is 2.59. The third kappa shape index (κ3) is 10.5. The number of hydrogen-bond donors (Lipinski definition) is 3. The molecule has 0 bridgehead atoms. The number of benzene rings is 3. The zero-order valence-corrected chi connectivity index (χ0v) is 27.9. The van der Waals surface area contributed by atoms with Crippen LogP contribution in [0.2, 0.25) is 0 Å². The largest absolute Gasteiger partial charge is 0.493 e. The lowest BCUT2D eigenvalue weighted by Gasteiger charge is -2.15. The van der Waals surface area contributed by atoms with Crippen molar-refractivity contribution in [3.05, 3.63) is 107 Å². The Bertz CT molecular complexity index is 1720. The van der Waals surface area contributed by atoms with E-state index in [2.05, 4.69) is 20.9 Å². The van der Waals surface area contributed by atoms with E-state index in [9.17, 15) is 19.2 Å². The Labute approximate surface area is 282 Å².